The third-order valence-corrected chi connectivity index (χ3v) is 7.13. The largest absolute Gasteiger partial charge is 0.481 e. The molecule has 0 unspecified atom stereocenters. The summed E-state index contributed by atoms with van der Waals surface area (Å²) in [5, 5.41) is 30.6. The van der Waals surface area contributed by atoms with Gasteiger partial charge >= 0.3 is 11.9 Å². The molecule has 1 aromatic rings. The zero-order valence-corrected chi connectivity index (χ0v) is 24.4. The van der Waals surface area contributed by atoms with Crippen LogP contribution in [0.4, 0.5) is 0 Å². The number of aliphatic imine (C=N–C) groups is 1. The second kappa shape index (κ2) is 17.9. The van der Waals surface area contributed by atoms with Crippen molar-refractivity contribution in [1.29, 1.82) is 0 Å². The van der Waals surface area contributed by atoms with Gasteiger partial charge in [-0.25, -0.2) is 4.79 Å². The summed E-state index contributed by atoms with van der Waals surface area (Å²) in [7, 11) is 0. The second-order valence-electron chi connectivity index (χ2n) is 9.67. The molecule has 4 atom stereocenters. The molecule has 0 bridgehead atoms. The molecular weight excluding hydrogens is 600 g/mol. The van der Waals surface area contributed by atoms with E-state index in [2.05, 4.69) is 31.6 Å². The summed E-state index contributed by atoms with van der Waals surface area (Å²) < 4.78 is 0. The number of amides is 5. The summed E-state index contributed by atoms with van der Waals surface area (Å²) in [4.78, 5) is 91.5. The van der Waals surface area contributed by atoms with Crippen molar-refractivity contribution in [3.8, 4) is 0 Å². The molecule has 11 N–H and O–H groups in total. The van der Waals surface area contributed by atoms with Crippen molar-refractivity contribution in [2.75, 3.05) is 24.6 Å². The first-order chi connectivity index (χ1) is 20.8. The third kappa shape index (κ3) is 13.0. The monoisotopic (exact) mass is 636 g/mol. The number of aliphatic carboxylic acids is 2. The van der Waals surface area contributed by atoms with Crippen LogP contribution in [0.5, 0.6) is 0 Å². The highest BCUT2D eigenvalue weighted by Gasteiger charge is 2.31. The molecule has 1 aliphatic rings. The van der Waals surface area contributed by atoms with Crippen molar-refractivity contribution in [1.82, 2.24) is 26.6 Å². The van der Waals surface area contributed by atoms with Gasteiger partial charge in [-0.2, -0.15) is 0 Å². The van der Waals surface area contributed by atoms with Gasteiger partial charge in [0.2, 0.25) is 29.5 Å². The minimum absolute atomic E-state index is 0.0401. The van der Waals surface area contributed by atoms with Gasteiger partial charge in [0, 0.05) is 18.7 Å². The van der Waals surface area contributed by atoms with Crippen LogP contribution >= 0.6 is 11.8 Å². The number of nitrogens with zero attached hydrogens (tertiary/aromatic N) is 1. The Morgan fingerprint density at radius 1 is 0.864 bits per heavy atom. The molecule has 0 aromatic heterocycles. The van der Waals surface area contributed by atoms with Crippen LogP contribution in [-0.4, -0.2) is 106 Å². The molecule has 18 heteroatoms. The molecule has 2 rings (SSSR count). The fraction of sp³-hybridized carbons (Fsp3) is 0.462. The quantitative estimate of drug-likeness (QED) is 0.0730. The van der Waals surface area contributed by atoms with Crippen LogP contribution in [0, 0.1) is 0 Å². The van der Waals surface area contributed by atoms with E-state index in [9.17, 15) is 43.8 Å². The van der Waals surface area contributed by atoms with Gasteiger partial charge in [-0.05, 0) is 18.4 Å². The maximum atomic E-state index is 13.4. The normalized spacial score (nSPS) is 22.5. The molecule has 0 aliphatic carbocycles. The molecule has 0 radical (unpaired) electrons. The summed E-state index contributed by atoms with van der Waals surface area (Å²) in [5.41, 5.74) is 11.4. The number of hydrogen-bond donors (Lipinski definition) is 9. The van der Waals surface area contributed by atoms with Crippen LogP contribution in [-0.2, 0) is 40.0 Å². The minimum Gasteiger partial charge on any atom is -0.481 e. The van der Waals surface area contributed by atoms with Gasteiger partial charge in [0.05, 0.1) is 18.7 Å². The zero-order chi connectivity index (χ0) is 32.6. The Bertz CT molecular complexity index is 1240. The van der Waals surface area contributed by atoms with E-state index in [0.717, 1.165) is 11.8 Å². The molecule has 5 amide bonds. The Labute approximate surface area is 256 Å². The van der Waals surface area contributed by atoms with Gasteiger partial charge in [0.1, 0.15) is 24.2 Å². The highest BCUT2D eigenvalue weighted by atomic mass is 32.2. The van der Waals surface area contributed by atoms with Gasteiger partial charge in [0.25, 0.3) is 0 Å². The van der Waals surface area contributed by atoms with Crippen LogP contribution in [0.2, 0.25) is 0 Å². The Morgan fingerprint density at radius 3 is 2.16 bits per heavy atom. The molecule has 1 saturated heterocycles. The zero-order valence-electron chi connectivity index (χ0n) is 23.6. The number of thioether (sulfide) groups is 1. The number of guanidine groups is 1. The van der Waals surface area contributed by atoms with E-state index in [0.29, 0.717) is 5.56 Å². The number of hydrogen-bond acceptors (Lipinski definition) is 9. The maximum absolute atomic E-state index is 13.4. The number of carboxylic acid groups (broad SMARTS) is 2. The fourth-order valence-electron chi connectivity index (χ4n) is 3.98. The topological polar surface area (TPSA) is 284 Å². The molecule has 1 heterocycles. The van der Waals surface area contributed by atoms with Gasteiger partial charge in [-0.15, -0.1) is 11.8 Å². The van der Waals surface area contributed by atoms with Crippen LogP contribution < -0.4 is 38.1 Å². The Hall–Kier alpha value is -4.87. The maximum Gasteiger partial charge on any atom is 0.327 e. The van der Waals surface area contributed by atoms with Crippen molar-refractivity contribution in [2.24, 2.45) is 16.5 Å². The number of carbonyl (C=O) groups excluding carboxylic acids is 5. The summed E-state index contributed by atoms with van der Waals surface area (Å²) in [6.07, 6.45) is -0.523. The first-order valence-electron chi connectivity index (χ1n) is 13.4. The van der Waals surface area contributed by atoms with E-state index in [1.807, 2.05) is 0 Å². The summed E-state index contributed by atoms with van der Waals surface area (Å²) in [6, 6.07) is 3.24. The van der Waals surface area contributed by atoms with Crippen molar-refractivity contribution in [2.45, 2.75) is 49.9 Å². The predicted molar refractivity (Wildman–Crippen MR) is 158 cm³/mol. The molecule has 44 heavy (non-hydrogen) atoms. The number of nitrogens with two attached hydrogens (primary N) is 2. The van der Waals surface area contributed by atoms with Crippen LogP contribution in [0.15, 0.2) is 35.3 Å². The fourth-order valence-corrected chi connectivity index (χ4v) is 4.82. The molecule has 1 fully saturated rings. The standard InChI is InChI=1S/C26H36N8O9S/c27-26(28)29-8-4-7-15-22(39)30-11-19(35)31-17(10-21(37)38)24(41)34-18(25(42)43)12-44-13-20(36)32-16(23(40)33-15)9-14-5-2-1-3-6-14/h1-3,5-6,15-18H,4,7-13H2,(H,30,39)(H,31,35)(H,32,36)(H,33,40)(H,34,41)(H,37,38)(H,42,43)(H4,27,28,29)/t15-,16-,17-,18-/m0/s1. The third-order valence-electron chi connectivity index (χ3n) is 6.10. The average Bonchev–Trinajstić information content (AvgIpc) is 2.95. The lowest BCUT2D eigenvalue weighted by Gasteiger charge is -2.24. The van der Waals surface area contributed by atoms with Crippen LogP contribution in [0.25, 0.3) is 0 Å². The Balaban J connectivity index is 2.35. The first-order valence-corrected chi connectivity index (χ1v) is 14.6. The highest BCUT2D eigenvalue weighted by Crippen LogP contribution is 2.09. The van der Waals surface area contributed by atoms with E-state index in [-0.39, 0.29) is 43.3 Å². The summed E-state index contributed by atoms with van der Waals surface area (Å²) in [5.74, 6) is -7.79. The number of carboxylic acids is 2. The van der Waals surface area contributed by atoms with Gasteiger partial charge in [-0.3, -0.25) is 33.8 Å². The molecule has 17 nitrogen and oxygen atoms in total. The van der Waals surface area contributed by atoms with Crippen LogP contribution in [0.1, 0.15) is 24.8 Å². The molecule has 240 valence electrons. The summed E-state index contributed by atoms with van der Waals surface area (Å²) >= 11 is 0.845. The van der Waals surface area contributed by atoms with Crippen LogP contribution in [0.3, 0.4) is 0 Å². The molecule has 0 spiro atoms. The van der Waals surface area contributed by atoms with Crippen molar-refractivity contribution >= 4 is 59.2 Å². The average molecular weight is 637 g/mol. The SMILES string of the molecule is NC(N)=NCCC[C@@H]1NC(=O)[C@H](Cc2ccccc2)NC(=O)CSC[C@@H](C(=O)O)NC(=O)[C@H](CC(=O)O)NC(=O)CNC1=O. The van der Waals surface area contributed by atoms with Crippen molar-refractivity contribution in [3.63, 3.8) is 0 Å². The number of benzene rings is 1. The van der Waals surface area contributed by atoms with E-state index >= 15 is 0 Å². The minimum atomic E-state index is -1.67. The van der Waals surface area contributed by atoms with Gasteiger partial charge in [-0.1, -0.05) is 30.3 Å². The molecule has 1 aliphatic heterocycles. The smallest absolute Gasteiger partial charge is 0.327 e. The van der Waals surface area contributed by atoms with E-state index in [1.165, 1.54) is 0 Å². The summed E-state index contributed by atoms with van der Waals surface area (Å²) in [6.45, 7) is -0.571. The second-order valence-corrected chi connectivity index (χ2v) is 10.7. The van der Waals surface area contributed by atoms with Crippen molar-refractivity contribution in [3.05, 3.63) is 35.9 Å². The van der Waals surface area contributed by atoms with E-state index < -0.39 is 78.6 Å². The van der Waals surface area contributed by atoms with Crippen molar-refractivity contribution < 1.29 is 43.8 Å². The lowest BCUT2D eigenvalue weighted by atomic mass is 10.0. The molecule has 0 saturated carbocycles. The Morgan fingerprint density at radius 2 is 1.52 bits per heavy atom. The highest BCUT2D eigenvalue weighted by molar-refractivity contribution is 8.00. The lowest BCUT2D eigenvalue weighted by Crippen LogP contribution is -2.57. The van der Waals surface area contributed by atoms with E-state index in [4.69, 9.17) is 11.5 Å². The lowest BCUT2D eigenvalue weighted by molar-refractivity contribution is -0.143. The Kier molecular flexibility index (Phi) is 14.4. The number of nitrogens with one attached hydrogen (secondary N) is 5. The van der Waals surface area contributed by atoms with E-state index in [1.54, 1.807) is 30.3 Å². The number of rotatable bonds is 9. The van der Waals surface area contributed by atoms with Gasteiger partial charge in [0.15, 0.2) is 5.96 Å². The number of carbonyl (C=O) groups is 7. The molecule has 1 aromatic carbocycles. The predicted octanol–water partition coefficient (Wildman–Crippen LogP) is -3.36. The molecular formula is C26H36N8O9S. The first kappa shape index (κ1) is 35.3. The van der Waals surface area contributed by atoms with Gasteiger partial charge < -0.3 is 48.3 Å².